The minimum absolute atomic E-state index is 0.0268. The highest BCUT2D eigenvalue weighted by Crippen LogP contribution is 2.29. The van der Waals surface area contributed by atoms with Gasteiger partial charge >= 0.3 is 0 Å². The smallest absolute Gasteiger partial charge is 0.254 e. The molecule has 1 aliphatic heterocycles. The number of likely N-dealkylation sites (tertiary alicyclic amines) is 1. The Bertz CT molecular complexity index is 830. The maximum atomic E-state index is 13.9. The summed E-state index contributed by atoms with van der Waals surface area (Å²) in [7, 11) is 1.57. The Morgan fingerprint density at radius 1 is 1.48 bits per heavy atom. The predicted octanol–water partition coefficient (Wildman–Crippen LogP) is 1.98. The molecule has 1 amide bonds. The third-order valence-corrected chi connectivity index (χ3v) is 5.17. The monoisotopic (exact) mass is 408 g/mol. The van der Waals surface area contributed by atoms with Crippen LogP contribution in [-0.2, 0) is 4.74 Å². The standard InChI is InChI=1S/C20H26F2N4O3/c1-29-8-6-23-20(28)16-10-24-25-19(16)13-3-2-7-26(11-13)12-18(27)15-9-14(21)4-5-17(15)22/h4-5,9-10,13,18,27H,2-3,6-8,11-12H2,1H3,(H,23,28)(H,24,25)/t13-,18+/m0/s1. The van der Waals surface area contributed by atoms with Crippen molar-refractivity contribution in [2.45, 2.75) is 24.9 Å². The molecule has 1 aliphatic rings. The minimum Gasteiger partial charge on any atom is -0.387 e. The number of hydrogen-bond donors (Lipinski definition) is 3. The Kier molecular flexibility index (Phi) is 7.29. The number of H-pyrrole nitrogens is 1. The van der Waals surface area contributed by atoms with E-state index in [0.29, 0.717) is 25.3 Å². The number of carbonyl (C=O) groups is 1. The average Bonchev–Trinajstić information content (AvgIpc) is 3.20. The summed E-state index contributed by atoms with van der Waals surface area (Å²) in [5.74, 6) is -1.40. The Balaban J connectivity index is 1.65. The molecular formula is C20H26F2N4O3. The van der Waals surface area contributed by atoms with Gasteiger partial charge in [-0.15, -0.1) is 0 Å². The molecule has 2 heterocycles. The zero-order chi connectivity index (χ0) is 20.8. The maximum absolute atomic E-state index is 13.9. The number of nitrogens with one attached hydrogen (secondary N) is 2. The van der Waals surface area contributed by atoms with Crippen molar-refractivity contribution in [1.82, 2.24) is 20.4 Å². The van der Waals surface area contributed by atoms with E-state index in [1.807, 2.05) is 4.90 Å². The van der Waals surface area contributed by atoms with E-state index in [4.69, 9.17) is 4.74 Å². The van der Waals surface area contributed by atoms with E-state index in [1.54, 1.807) is 7.11 Å². The highest BCUT2D eigenvalue weighted by Gasteiger charge is 2.28. The SMILES string of the molecule is COCCNC(=O)c1cn[nH]c1[C@H]1CCCN(C[C@@H](O)c2cc(F)ccc2F)C1. The molecule has 2 aromatic rings. The molecule has 0 spiro atoms. The third kappa shape index (κ3) is 5.37. The van der Waals surface area contributed by atoms with Crippen LogP contribution in [-0.4, -0.2) is 66.0 Å². The van der Waals surface area contributed by atoms with Gasteiger partial charge in [-0.05, 0) is 37.6 Å². The number of methoxy groups -OCH3 is 1. The van der Waals surface area contributed by atoms with Gasteiger partial charge in [0.2, 0.25) is 0 Å². The van der Waals surface area contributed by atoms with E-state index in [0.717, 1.165) is 43.3 Å². The zero-order valence-electron chi connectivity index (χ0n) is 16.3. The van der Waals surface area contributed by atoms with Crippen LogP contribution in [0.15, 0.2) is 24.4 Å². The van der Waals surface area contributed by atoms with Gasteiger partial charge in [0, 0.05) is 38.2 Å². The molecular weight excluding hydrogens is 382 g/mol. The van der Waals surface area contributed by atoms with Crippen molar-refractivity contribution in [3.05, 3.63) is 52.9 Å². The summed E-state index contributed by atoms with van der Waals surface area (Å²) in [5, 5.41) is 20.2. The van der Waals surface area contributed by atoms with E-state index < -0.39 is 17.7 Å². The van der Waals surface area contributed by atoms with Crippen LogP contribution in [0.5, 0.6) is 0 Å². The number of nitrogens with zero attached hydrogens (tertiary/aromatic N) is 2. The molecule has 158 valence electrons. The summed E-state index contributed by atoms with van der Waals surface area (Å²) in [6.07, 6.45) is 2.09. The van der Waals surface area contributed by atoms with Gasteiger partial charge in [0.25, 0.3) is 5.91 Å². The summed E-state index contributed by atoms with van der Waals surface area (Å²) in [6, 6.07) is 3.07. The molecule has 1 saturated heterocycles. The number of β-amino-alcohol motifs (C(OH)–C–C–N with tert-alkyl or cyclic N) is 1. The van der Waals surface area contributed by atoms with Crippen molar-refractivity contribution in [1.29, 1.82) is 0 Å². The van der Waals surface area contributed by atoms with Gasteiger partial charge < -0.3 is 15.2 Å². The largest absolute Gasteiger partial charge is 0.387 e. The second-order valence-corrected chi connectivity index (χ2v) is 7.23. The zero-order valence-corrected chi connectivity index (χ0v) is 16.3. The summed E-state index contributed by atoms with van der Waals surface area (Å²) in [6.45, 7) is 2.32. The van der Waals surface area contributed by atoms with Gasteiger partial charge in [-0.25, -0.2) is 8.78 Å². The van der Waals surface area contributed by atoms with E-state index in [-0.39, 0.29) is 23.9 Å². The molecule has 3 N–H and O–H groups in total. The van der Waals surface area contributed by atoms with Gasteiger partial charge in [-0.2, -0.15) is 5.10 Å². The van der Waals surface area contributed by atoms with Crippen LogP contribution in [0.2, 0.25) is 0 Å². The Morgan fingerprint density at radius 2 is 2.31 bits per heavy atom. The second-order valence-electron chi connectivity index (χ2n) is 7.23. The fourth-order valence-electron chi connectivity index (χ4n) is 3.72. The predicted molar refractivity (Wildman–Crippen MR) is 103 cm³/mol. The first kappa shape index (κ1) is 21.4. The molecule has 2 atom stereocenters. The first-order valence-electron chi connectivity index (χ1n) is 9.65. The van der Waals surface area contributed by atoms with Crippen LogP contribution >= 0.6 is 0 Å². The summed E-state index contributed by atoms with van der Waals surface area (Å²) < 4.78 is 32.3. The molecule has 29 heavy (non-hydrogen) atoms. The number of amides is 1. The molecule has 0 bridgehead atoms. The highest BCUT2D eigenvalue weighted by molar-refractivity contribution is 5.95. The first-order valence-corrected chi connectivity index (χ1v) is 9.65. The van der Waals surface area contributed by atoms with Gasteiger partial charge in [0.05, 0.1) is 30.2 Å². The number of carbonyl (C=O) groups excluding carboxylic acids is 1. The Morgan fingerprint density at radius 3 is 3.10 bits per heavy atom. The lowest BCUT2D eigenvalue weighted by molar-refractivity contribution is 0.0900. The molecule has 1 aromatic heterocycles. The van der Waals surface area contributed by atoms with Crippen LogP contribution in [0.1, 0.15) is 46.5 Å². The maximum Gasteiger partial charge on any atom is 0.254 e. The van der Waals surface area contributed by atoms with Crippen molar-refractivity contribution >= 4 is 5.91 Å². The van der Waals surface area contributed by atoms with Crippen molar-refractivity contribution < 1.29 is 23.4 Å². The number of halogens is 2. The molecule has 0 saturated carbocycles. The molecule has 1 fully saturated rings. The van der Waals surface area contributed by atoms with Crippen LogP contribution < -0.4 is 5.32 Å². The molecule has 0 radical (unpaired) electrons. The molecule has 1 aromatic carbocycles. The summed E-state index contributed by atoms with van der Waals surface area (Å²) >= 11 is 0. The van der Waals surface area contributed by atoms with Gasteiger partial charge in [-0.1, -0.05) is 0 Å². The number of piperidine rings is 1. The number of ether oxygens (including phenoxy) is 1. The van der Waals surface area contributed by atoms with E-state index in [2.05, 4.69) is 15.5 Å². The summed E-state index contributed by atoms with van der Waals surface area (Å²) in [5.41, 5.74) is 1.19. The lowest BCUT2D eigenvalue weighted by Crippen LogP contribution is -2.38. The van der Waals surface area contributed by atoms with Crippen LogP contribution in [0.25, 0.3) is 0 Å². The van der Waals surface area contributed by atoms with Crippen molar-refractivity contribution in [3.8, 4) is 0 Å². The van der Waals surface area contributed by atoms with Crippen molar-refractivity contribution in [2.24, 2.45) is 0 Å². The molecule has 0 unspecified atom stereocenters. The number of aliphatic hydroxyl groups excluding tert-OH is 1. The normalized spacial score (nSPS) is 18.6. The fraction of sp³-hybridized carbons (Fsp3) is 0.500. The van der Waals surface area contributed by atoms with E-state index >= 15 is 0 Å². The number of rotatable bonds is 8. The average molecular weight is 408 g/mol. The van der Waals surface area contributed by atoms with Crippen LogP contribution in [0.3, 0.4) is 0 Å². The van der Waals surface area contributed by atoms with E-state index in [9.17, 15) is 18.7 Å². The molecule has 7 nitrogen and oxygen atoms in total. The van der Waals surface area contributed by atoms with Gasteiger partial charge in [-0.3, -0.25) is 14.8 Å². The number of aromatic amines is 1. The lowest BCUT2D eigenvalue weighted by atomic mass is 9.92. The molecule has 3 rings (SSSR count). The quantitative estimate of drug-likeness (QED) is 0.581. The third-order valence-electron chi connectivity index (χ3n) is 5.17. The van der Waals surface area contributed by atoms with Crippen molar-refractivity contribution in [3.63, 3.8) is 0 Å². The van der Waals surface area contributed by atoms with Crippen LogP contribution in [0.4, 0.5) is 8.78 Å². The number of benzene rings is 1. The summed E-state index contributed by atoms with van der Waals surface area (Å²) in [4.78, 5) is 14.4. The number of hydrogen-bond acceptors (Lipinski definition) is 5. The van der Waals surface area contributed by atoms with Gasteiger partial charge in [0.15, 0.2) is 0 Å². The number of aliphatic hydroxyl groups is 1. The molecule has 9 heteroatoms. The van der Waals surface area contributed by atoms with Crippen LogP contribution in [0, 0.1) is 11.6 Å². The topological polar surface area (TPSA) is 90.5 Å². The molecule has 0 aliphatic carbocycles. The fourth-order valence-corrected chi connectivity index (χ4v) is 3.72. The minimum atomic E-state index is -1.14. The van der Waals surface area contributed by atoms with E-state index in [1.165, 1.54) is 6.20 Å². The Labute approximate surface area is 168 Å². The van der Waals surface area contributed by atoms with Gasteiger partial charge in [0.1, 0.15) is 11.6 Å². The first-order chi connectivity index (χ1) is 14.0. The number of aromatic nitrogens is 2. The Hall–Kier alpha value is -2.36. The second kappa shape index (κ2) is 9.91. The van der Waals surface area contributed by atoms with Crippen molar-refractivity contribution in [2.75, 3.05) is 39.9 Å². The highest BCUT2D eigenvalue weighted by atomic mass is 19.1. The lowest BCUT2D eigenvalue weighted by Gasteiger charge is -2.33.